The van der Waals surface area contributed by atoms with E-state index in [4.69, 9.17) is 18.9 Å². The Labute approximate surface area is 288 Å². The van der Waals surface area contributed by atoms with Crippen LogP contribution in [0.25, 0.3) is 0 Å². The number of likely N-dealkylation sites (N-methyl/N-ethyl adjacent to an activating group) is 1. The predicted molar refractivity (Wildman–Crippen MR) is 183 cm³/mol. The zero-order valence-corrected chi connectivity index (χ0v) is 29.2. The number of nitrogens with one attached hydrogen (secondary N) is 1. The molecule has 3 aromatic carbocycles. The molecular weight excluding hydrogens is 653 g/mol. The van der Waals surface area contributed by atoms with Crippen molar-refractivity contribution in [2.75, 3.05) is 44.9 Å². The maximum Gasteiger partial charge on any atom is 0.261 e. The van der Waals surface area contributed by atoms with Crippen LogP contribution < -0.4 is 18.9 Å². The van der Waals surface area contributed by atoms with E-state index in [1.807, 2.05) is 39.1 Å². The van der Waals surface area contributed by atoms with Gasteiger partial charge in [-0.3, -0.25) is 14.4 Å². The molecule has 2 heterocycles. The van der Waals surface area contributed by atoms with Crippen molar-refractivity contribution in [1.29, 1.82) is 0 Å². The lowest BCUT2D eigenvalue weighted by Gasteiger charge is -2.36. The van der Waals surface area contributed by atoms with E-state index in [1.54, 1.807) is 17.9 Å². The number of halogens is 1. The van der Waals surface area contributed by atoms with E-state index in [9.17, 15) is 22.7 Å². The van der Waals surface area contributed by atoms with Gasteiger partial charge in [0.25, 0.3) is 15.9 Å². The van der Waals surface area contributed by atoms with Crippen LogP contribution in [0.3, 0.4) is 0 Å². The first kappa shape index (κ1) is 36.4. The van der Waals surface area contributed by atoms with Gasteiger partial charge in [-0.05, 0) is 100 Å². The summed E-state index contributed by atoms with van der Waals surface area (Å²) in [4.78, 5) is 18.0. The van der Waals surface area contributed by atoms with Gasteiger partial charge in [0.2, 0.25) is 6.79 Å². The average molecular weight is 700 g/mol. The van der Waals surface area contributed by atoms with E-state index in [2.05, 4.69) is 9.62 Å². The topological polar surface area (TPSA) is 127 Å². The number of sulfonamides is 1. The summed E-state index contributed by atoms with van der Waals surface area (Å²) in [7, 11) is -2.06. The van der Waals surface area contributed by atoms with Gasteiger partial charge < -0.3 is 29.0 Å². The third kappa shape index (κ3) is 9.41. The highest BCUT2D eigenvalue weighted by atomic mass is 32.2. The van der Waals surface area contributed by atoms with Gasteiger partial charge in [-0.2, -0.15) is 0 Å². The van der Waals surface area contributed by atoms with Crippen LogP contribution in [-0.2, 0) is 21.3 Å². The van der Waals surface area contributed by atoms with Gasteiger partial charge in [-0.1, -0.05) is 13.0 Å². The molecule has 0 unspecified atom stereocenters. The highest BCUT2D eigenvalue weighted by Crippen LogP contribution is 2.33. The number of aliphatic hydroxyl groups excluding tert-OH is 1. The standard InChI is InChI=1S/C36H46FN3O8S/c1-24-19-40(25(2)22-41)36(42)31-18-29(38-49(43,44)30-12-9-28(37)10-13-30)11-15-32(31)48-26(3)7-5-6-16-45-35(24)21-39(4)20-27-8-14-33-34(17-27)47-23-46-33/h8-15,17-18,24-26,35,38,41H,5-7,16,19-23H2,1-4H3/t24-,25+,26-,35-/m1/s1. The van der Waals surface area contributed by atoms with Crippen molar-refractivity contribution >= 4 is 21.6 Å². The second kappa shape index (κ2) is 16.2. The lowest BCUT2D eigenvalue weighted by atomic mass is 10.0. The largest absolute Gasteiger partial charge is 0.490 e. The number of benzene rings is 3. The Hall–Kier alpha value is -3.91. The third-order valence-corrected chi connectivity index (χ3v) is 10.2. The molecule has 1 amide bonds. The van der Waals surface area contributed by atoms with Crippen molar-refractivity contribution < 1.29 is 41.7 Å². The van der Waals surface area contributed by atoms with E-state index in [0.717, 1.165) is 48.5 Å². The van der Waals surface area contributed by atoms with Crippen molar-refractivity contribution in [3.05, 3.63) is 77.6 Å². The molecule has 266 valence electrons. The molecule has 2 aliphatic heterocycles. The van der Waals surface area contributed by atoms with Crippen LogP contribution >= 0.6 is 0 Å². The summed E-state index contributed by atoms with van der Waals surface area (Å²) in [5.74, 6) is 0.671. The molecule has 0 bridgehead atoms. The van der Waals surface area contributed by atoms with Crippen LogP contribution in [0.4, 0.5) is 10.1 Å². The molecule has 0 aliphatic carbocycles. The lowest BCUT2D eigenvalue weighted by Crippen LogP contribution is -2.47. The monoisotopic (exact) mass is 699 g/mol. The van der Waals surface area contributed by atoms with Crippen LogP contribution in [0.2, 0.25) is 0 Å². The molecule has 13 heteroatoms. The molecule has 3 aromatic rings. The molecule has 2 aliphatic rings. The van der Waals surface area contributed by atoms with E-state index >= 15 is 0 Å². The first-order chi connectivity index (χ1) is 23.4. The summed E-state index contributed by atoms with van der Waals surface area (Å²) < 4.78 is 65.9. The Bertz CT molecular complexity index is 1690. The molecule has 49 heavy (non-hydrogen) atoms. The molecule has 2 N–H and O–H groups in total. The number of aliphatic hydroxyl groups is 1. The van der Waals surface area contributed by atoms with E-state index in [1.165, 1.54) is 24.3 Å². The summed E-state index contributed by atoms with van der Waals surface area (Å²) in [6.07, 6.45) is 1.93. The van der Waals surface area contributed by atoms with Gasteiger partial charge >= 0.3 is 0 Å². The molecule has 0 saturated carbocycles. The number of ether oxygens (including phenoxy) is 4. The maximum absolute atomic E-state index is 14.4. The number of hydrogen-bond acceptors (Lipinski definition) is 9. The minimum atomic E-state index is -4.08. The van der Waals surface area contributed by atoms with Gasteiger partial charge in [-0.25, -0.2) is 12.8 Å². The number of rotatable bonds is 9. The highest BCUT2D eigenvalue weighted by molar-refractivity contribution is 7.92. The number of hydrogen-bond donors (Lipinski definition) is 2. The molecule has 4 atom stereocenters. The first-order valence-electron chi connectivity index (χ1n) is 16.6. The van der Waals surface area contributed by atoms with Crippen molar-refractivity contribution in [2.24, 2.45) is 5.92 Å². The molecule has 0 spiro atoms. The van der Waals surface area contributed by atoms with Crippen molar-refractivity contribution in [3.8, 4) is 17.2 Å². The van der Waals surface area contributed by atoms with Crippen LogP contribution in [0.5, 0.6) is 17.2 Å². The van der Waals surface area contributed by atoms with Crippen LogP contribution in [0.15, 0.2) is 65.6 Å². The van der Waals surface area contributed by atoms with Gasteiger partial charge in [0.05, 0.1) is 35.3 Å². The number of nitrogens with zero attached hydrogens (tertiary/aromatic N) is 2. The smallest absolute Gasteiger partial charge is 0.261 e. The van der Waals surface area contributed by atoms with Crippen molar-refractivity contribution in [3.63, 3.8) is 0 Å². The second-order valence-corrected chi connectivity index (χ2v) is 14.6. The Balaban J connectivity index is 1.40. The number of amides is 1. The maximum atomic E-state index is 14.4. The van der Waals surface area contributed by atoms with E-state index in [0.29, 0.717) is 25.4 Å². The minimum absolute atomic E-state index is 0.121. The SMILES string of the molecule is C[C@@H]1CCCCO[C@H](CN(C)Cc2ccc3c(c2)OCO3)[C@H](C)CN([C@@H](C)CO)C(=O)c2cc(NS(=O)(=O)c3ccc(F)cc3)ccc2O1. The van der Waals surface area contributed by atoms with Gasteiger partial charge in [0.1, 0.15) is 11.6 Å². The number of fused-ring (bicyclic) bond motifs is 2. The predicted octanol–water partition coefficient (Wildman–Crippen LogP) is 5.28. The van der Waals surface area contributed by atoms with E-state index < -0.39 is 27.8 Å². The van der Waals surface area contributed by atoms with Crippen LogP contribution in [0.1, 0.15) is 56.0 Å². The summed E-state index contributed by atoms with van der Waals surface area (Å²) in [6, 6.07) is 14.4. The lowest BCUT2D eigenvalue weighted by molar-refractivity contribution is -0.0177. The van der Waals surface area contributed by atoms with Crippen LogP contribution in [-0.4, -0.2) is 87.6 Å². The molecule has 0 radical (unpaired) electrons. The fraction of sp³-hybridized carbons (Fsp3) is 0.472. The fourth-order valence-corrected chi connectivity index (χ4v) is 7.05. The van der Waals surface area contributed by atoms with Crippen LogP contribution in [0, 0.1) is 11.7 Å². The van der Waals surface area contributed by atoms with Gasteiger partial charge in [0.15, 0.2) is 11.5 Å². The Morgan fingerprint density at radius 3 is 2.51 bits per heavy atom. The summed E-state index contributed by atoms with van der Waals surface area (Å²) in [6.45, 7) is 7.72. The van der Waals surface area contributed by atoms with Crippen molar-refractivity contribution in [1.82, 2.24) is 9.80 Å². The Kier molecular flexibility index (Phi) is 12.0. The molecule has 11 nitrogen and oxygen atoms in total. The molecule has 0 saturated heterocycles. The van der Waals surface area contributed by atoms with Gasteiger partial charge in [0, 0.05) is 37.8 Å². The number of carbonyl (C=O) groups is 1. The summed E-state index contributed by atoms with van der Waals surface area (Å²) in [5.41, 5.74) is 1.38. The normalized spacial score (nSPS) is 21.1. The average Bonchev–Trinajstić information content (AvgIpc) is 3.54. The Morgan fingerprint density at radius 2 is 1.76 bits per heavy atom. The summed E-state index contributed by atoms with van der Waals surface area (Å²) in [5, 5.41) is 10.2. The first-order valence-corrected chi connectivity index (χ1v) is 18.1. The second-order valence-electron chi connectivity index (χ2n) is 13.0. The van der Waals surface area contributed by atoms with Gasteiger partial charge in [-0.15, -0.1) is 0 Å². The zero-order chi connectivity index (χ0) is 35.1. The summed E-state index contributed by atoms with van der Waals surface area (Å²) >= 11 is 0. The van der Waals surface area contributed by atoms with Crippen molar-refractivity contribution in [2.45, 2.75) is 69.7 Å². The number of carbonyl (C=O) groups excluding carboxylic acids is 1. The molecule has 5 rings (SSSR count). The molecule has 0 aromatic heterocycles. The molecular formula is C36H46FN3O8S. The number of anilines is 1. The third-order valence-electron chi connectivity index (χ3n) is 8.81. The molecule has 0 fully saturated rings. The highest BCUT2D eigenvalue weighted by Gasteiger charge is 2.31. The Morgan fingerprint density at radius 1 is 1.02 bits per heavy atom. The minimum Gasteiger partial charge on any atom is -0.490 e. The fourth-order valence-electron chi connectivity index (χ4n) is 6.00. The zero-order valence-electron chi connectivity index (χ0n) is 28.4. The quantitative estimate of drug-likeness (QED) is 0.307. The van der Waals surface area contributed by atoms with E-state index in [-0.39, 0.29) is 54.2 Å².